The van der Waals surface area contributed by atoms with E-state index in [0.29, 0.717) is 0 Å². The van der Waals surface area contributed by atoms with Crippen LogP contribution in [-0.2, 0) is 28.5 Å². The molecule has 0 aromatic heterocycles. The minimum absolute atomic E-state index is 0.600. The maximum Gasteiger partial charge on any atom is 0.217 e. The Kier molecular flexibility index (Phi) is 9.42. The second-order valence-corrected chi connectivity index (χ2v) is 9.04. The lowest BCUT2D eigenvalue weighted by Gasteiger charge is -2.48. The maximum atomic E-state index is 11.6. The lowest BCUT2D eigenvalue weighted by atomic mass is 9.95. The van der Waals surface area contributed by atoms with Crippen LogP contribution in [0.15, 0.2) is 0 Å². The number of hydrogen-bond donors (Lipinski definition) is 9. The summed E-state index contributed by atoms with van der Waals surface area (Å²) >= 11 is 0. The summed E-state index contributed by atoms with van der Waals surface area (Å²) in [5.41, 5.74) is 0. The van der Waals surface area contributed by atoms with Crippen molar-refractivity contribution in [1.82, 2.24) is 5.32 Å². The SMILES string of the molecule is CC(=O)N[C@H]1[C@H](O[C@@H]2[C@@H](O)[C@H](C)O[C@@H](O[C@H]3C(O)O[C@@H](C)[C@H](O)[C@H]3O)[C@@H]2O)O[C@H](CO)[C@@H](O)[C@@H]1O. The van der Waals surface area contributed by atoms with Crippen molar-refractivity contribution in [1.29, 1.82) is 0 Å². The van der Waals surface area contributed by atoms with E-state index in [1.807, 2.05) is 0 Å². The van der Waals surface area contributed by atoms with E-state index in [9.17, 15) is 45.6 Å². The van der Waals surface area contributed by atoms with Crippen LogP contribution in [0, 0.1) is 0 Å². The fraction of sp³-hybridized carbons (Fsp3) is 0.950. The Labute approximate surface area is 200 Å². The molecule has 3 heterocycles. The molecular weight excluding hydrogens is 478 g/mol. The van der Waals surface area contributed by atoms with Gasteiger partial charge in [0.2, 0.25) is 5.91 Å². The zero-order chi connectivity index (χ0) is 26.2. The van der Waals surface area contributed by atoms with Gasteiger partial charge in [-0.3, -0.25) is 4.79 Å². The number of nitrogens with one attached hydrogen (secondary N) is 1. The fourth-order valence-corrected chi connectivity index (χ4v) is 4.33. The van der Waals surface area contributed by atoms with Gasteiger partial charge in [-0.1, -0.05) is 0 Å². The van der Waals surface area contributed by atoms with Crippen LogP contribution in [0.2, 0.25) is 0 Å². The maximum absolute atomic E-state index is 11.6. The van der Waals surface area contributed by atoms with Gasteiger partial charge in [-0.25, -0.2) is 0 Å². The zero-order valence-corrected chi connectivity index (χ0v) is 19.4. The van der Waals surface area contributed by atoms with E-state index in [-0.39, 0.29) is 0 Å². The van der Waals surface area contributed by atoms with Crippen LogP contribution in [0.3, 0.4) is 0 Å². The number of ether oxygens (including phenoxy) is 5. The third-order valence-corrected chi connectivity index (χ3v) is 6.42. The van der Waals surface area contributed by atoms with Crippen LogP contribution in [0.1, 0.15) is 20.8 Å². The first-order chi connectivity index (χ1) is 16.4. The molecule has 0 radical (unpaired) electrons. The number of carbonyl (C=O) groups excluding carboxylic acids is 1. The molecule has 1 amide bonds. The normalized spacial score (nSPS) is 51.1. The second-order valence-electron chi connectivity index (χ2n) is 9.04. The molecule has 9 N–H and O–H groups in total. The highest BCUT2D eigenvalue weighted by atomic mass is 16.7. The Morgan fingerprint density at radius 1 is 0.743 bits per heavy atom. The molecule has 15 atom stereocenters. The van der Waals surface area contributed by atoms with Crippen LogP contribution in [0.4, 0.5) is 0 Å². The molecule has 0 aromatic rings. The summed E-state index contributed by atoms with van der Waals surface area (Å²) in [5.74, 6) is -0.600. The molecule has 204 valence electrons. The van der Waals surface area contributed by atoms with Gasteiger partial charge in [0.25, 0.3) is 0 Å². The molecule has 3 saturated heterocycles. The van der Waals surface area contributed by atoms with Crippen molar-refractivity contribution >= 4 is 5.91 Å². The molecule has 15 nitrogen and oxygen atoms in total. The summed E-state index contributed by atoms with van der Waals surface area (Å²) in [6.45, 7) is 3.30. The topological polar surface area (TPSA) is 237 Å². The van der Waals surface area contributed by atoms with Crippen LogP contribution in [0.25, 0.3) is 0 Å². The zero-order valence-electron chi connectivity index (χ0n) is 19.4. The average molecular weight is 513 g/mol. The van der Waals surface area contributed by atoms with Gasteiger partial charge in [-0.15, -0.1) is 0 Å². The monoisotopic (exact) mass is 513 g/mol. The molecule has 15 heteroatoms. The lowest BCUT2D eigenvalue weighted by Crippen LogP contribution is -2.68. The van der Waals surface area contributed by atoms with E-state index < -0.39 is 105 Å². The molecular formula is C20H35NO14. The van der Waals surface area contributed by atoms with Gasteiger partial charge in [-0.2, -0.15) is 0 Å². The van der Waals surface area contributed by atoms with Gasteiger partial charge in [0.05, 0.1) is 18.8 Å². The largest absolute Gasteiger partial charge is 0.394 e. The Hall–Kier alpha value is -1.05. The first kappa shape index (κ1) is 28.5. The smallest absolute Gasteiger partial charge is 0.217 e. The minimum atomic E-state index is -1.77. The van der Waals surface area contributed by atoms with Crippen molar-refractivity contribution in [3.05, 3.63) is 0 Å². The van der Waals surface area contributed by atoms with Gasteiger partial charge in [0.1, 0.15) is 61.0 Å². The van der Waals surface area contributed by atoms with Gasteiger partial charge in [-0.05, 0) is 13.8 Å². The molecule has 1 unspecified atom stereocenters. The minimum Gasteiger partial charge on any atom is -0.394 e. The first-order valence-corrected chi connectivity index (χ1v) is 11.3. The van der Waals surface area contributed by atoms with Crippen molar-refractivity contribution < 1.29 is 69.3 Å². The molecule has 3 aliphatic heterocycles. The van der Waals surface area contributed by atoms with Crippen molar-refractivity contribution in [2.75, 3.05) is 6.61 Å². The second kappa shape index (κ2) is 11.6. The van der Waals surface area contributed by atoms with Gasteiger partial charge in [0, 0.05) is 6.92 Å². The highest BCUT2D eigenvalue weighted by Gasteiger charge is 2.52. The molecule has 3 rings (SSSR count). The molecule has 3 fully saturated rings. The van der Waals surface area contributed by atoms with Gasteiger partial charge >= 0.3 is 0 Å². The summed E-state index contributed by atoms with van der Waals surface area (Å²) in [4.78, 5) is 11.6. The molecule has 0 bridgehead atoms. The quantitative estimate of drug-likeness (QED) is 0.161. The number of carbonyl (C=O) groups is 1. The van der Waals surface area contributed by atoms with Crippen LogP contribution < -0.4 is 5.32 Å². The number of aliphatic hydroxyl groups excluding tert-OH is 8. The van der Waals surface area contributed by atoms with Crippen LogP contribution >= 0.6 is 0 Å². The summed E-state index contributed by atoms with van der Waals surface area (Å²) in [7, 11) is 0. The summed E-state index contributed by atoms with van der Waals surface area (Å²) in [6, 6.07) is -1.34. The molecule has 3 aliphatic rings. The van der Waals surface area contributed by atoms with Gasteiger partial charge in [0.15, 0.2) is 18.9 Å². The number of amides is 1. The van der Waals surface area contributed by atoms with E-state index in [1.165, 1.54) is 13.8 Å². The Bertz CT molecular complexity index is 715. The van der Waals surface area contributed by atoms with Crippen molar-refractivity contribution in [2.24, 2.45) is 0 Å². The highest BCUT2D eigenvalue weighted by Crippen LogP contribution is 2.32. The fourth-order valence-electron chi connectivity index (χ4n) is 4.33. The first-order valence-electron chi connectivity index (χ1n) is 11.3. The number of hydrogen-bond acceptors (Lipinski definition) is 14. The number of rotatable bonds is 6. The van der Waals surface area contributed by atoms with E-state index in [1.54, 1.807) is 0 Å². The predicted molar refractivity (Wildman–Crippen MR) is 110 cm³/mol. The van der Waals surface area contributed by atoms with Crippen LogP contribution in [0.5, 0.6) is 0 Å². The Balaban J connectivity index is 1.79. The lowest BCUT2D eigenvalue weighted by molar-refractivity contribution is -0.373. The molecule has 0 saturated carbocycles. The van der Waals surface area contributed by atoms with E-state index >= 15 is 0 Å². The average Bonchev–Trinajstić information content (AvgIpc) is 2.80. The molecule has 0 aliphatic carbocycles. The van der Waals surface area contributed by atoms with Gasteiger partial charge < -0.3 is 69.9 Å². The highest BCUT2D eigenvalue weighted by molar-refractivity contribution is 5.73. The Morgan fingerprint density at radius 3 is 1.94 bits per heavy atom. The number of aliphatic hydroxyl groups is 8. The van der Waals surface area contributed by atoms with Crippen LogP contribution in [-0.4, -0.2) is 145 Å². The van der Waals surface area contributed by atoms with E-state index in [2.05, 4.69) is 5.32 Å². The van der Waals surface area contributed by atoms with Crippen molar-refractivity contribution in [3.63, 3.8) is 0 Å². The summed E-state index contributed by atoms with van der Waals surface area (Å²) in [6.07, 6.45) is -20.5. The molecule has 0 aromatic carbocycles. The summed E-state index contributed by atoms with van der Waals surface area (Å²) in [5, 5.41) is 84.4. The molecule has 0 spiro atoms. The van der Waals surface area contributed by atoms with Crippen molar-refractivity contribution in [3.8, 4) is 0 Å². The predicted octanol–water partition coefficient (Wildman–Crippen LogP) is -5.37. The summed E-state index contributed by atoms with van der Waals surface area (Å²) < 4.78 is 27.3. The molecule has 35 heavy (non-hydrogen) atoms. The van der Waals surface area contributed by atoms with E-state index in [0.717, 1.165) is 6.92 Å². The Morgan fingerprint density at radius 2 is 1.34 bits per heavy atom. The standard InChI is InChI=1S/C20H35NO14/c1-5-10(24)14(28)17(18(30)31-5)35-20-15(29)16(11(25)6(2)32-20)34-19-9(21-7(3)23)13(27)12(26)8(4-22)33-19/h5-6,8-20,22,24-30H,4H2,1-3H3,(H,21,23)/t5-,6-,8+,9+,10-,11-,12+,13+,14+,15+,16+,17+,18?,19-,20-/m0/s1. The van der Waals surface area contributed by atoms with E-state index in [4.69, 9.17) is 23.7 Å². The van der Waals surface area contributed by atoms with Crippen molar-refractivity contribution in [2.45, 2.75) is 113 Å². The third-order valence-electron chi connectivity index (χ3n) is 6.42. The third kappa shape index (κ3) is 5.93.